The van der Waals surface area contributed by atoms with Crippen molar-refractivity contribution in [2.24, 2.45) is 0 Å². The van der Waals surface area contributed by atoms with Crippen LogP contribution >= 0.6 is 0 Å². The second-order valence-electron chi connectivity index (χ2n) is 3.02. The minimum Gasteiger partial charge on any atom is -0.479 e. The van der Waals surface area contributed by atoms with E-state index in [1.165, 1.54) is 0 Å². The monoisotopic (exact) mass is 197 g/mol. The van der Waals surface area contributed by atoms with Gasteiger partial charge in [-0.3, -0.25) is 4.98 Å². The summed E-state index contributed by atoms with van der Waals surface area (Å²) in [5.74, 6) is -1.44. The lowest BCUT2D eigenvalue weighted by molar-refractivity contribution is -0.142. The average Bonchev–Trinajstić information content (AvgIpc) is 2.19. The molecule has 1 aromatic heterocycles. The highest BCUT2D eigenvalue weighted by atomic mass is 19.1. The summed E-state index contributed by atoms with van der Waals surface area (Å²) in [5, 5.41) is 8.34. The molecule has 0 aliphatic rings. The highest BCUT2D eigenvalue weighted by Crippen LogP contribution is 2.05. The number of carbonyl (C=O) groups is 1. The zero-order valence-electron chi connectivity index (χ0n) is 7.90. The quantitative estimate of drug-likeness (QED) is 0.797. The van der Waals surface area contributed by atoms with Gasteiger partial charge in [-0.1, -0.05) is 13.0 Å². The lowest BCUT2D eigenvalue weighted by Crippen LogP contribution is -2.17. The summed E-state index contributed by atoms with van der Waals surface area (Å²) in [5.41, 5.74) is 1.52. The van der Waals surface area contributed by atoms with Gasteiger partial charge in [0, 0.05) is 18.3 Å². The number of aliphatic carboxylic acids is 1. The van der Waals surface area contributed by atoms with Crippen LogP contribution in [0.2, 0.25) is 0 Å². The topological polar surface area (TPSA) is 50.2 Å². The van der Waals surface area contributed by atoms with Crippen LogP contribution in [0.15, 0.2) is 18.3 Å². The summed E-state index contributed by atoms with van der Waals surface area (Å²) in [6.07, 6.45) is 0.476. The fourth-order valence-electron chi connectivity index (χ4n) is 1.06. The van der Waals surface area contributed by atoms with Gasteiger partial charge >= 0.3 is 5.97 Å². The molecule has 76 valence electrons. The van der Waals surface area contributed by atoms with Crippen molar-refractivity contribution < 1.29 is 14.3 Å². The van der Waals surface area contributed by atoms with Gasteiger partial charge in [-0.05, 0) is 18.1 Å². The first kappa shape index (κ1) is 10.6. The van der Waals surface area contributed by atoms with Gasteiger partial charge in [0.1, 0.15) is 0 Å². The standard InChI is InChI=1S/C10H12FNO2/c1-2-7-3-4-8(12-6-7)5-9(11)10(13)14/h3-4,6,9H,2,5H2,1H3,(H,13,14). The predicted molar refractivity (Wildman–Crippen MR) is 49.9 cm³/mol. The molecule has 14 heavy (non-hydrogen) atoms. The molecule has 0 fully saturated rings. The molecule has 4 heteroatoms. The van der Waals surface area contributed by atoms with Crippen molar-refractivity contribution in [1.82, 2.24) is 4.98 Å². The fourth-order valence-corrected chi connectivity index (χ4v) is 1.06. The maximum Gasteiger partial charge on any atom is 0.338 e. The summed E-state index contributed by atoms with van der Waals surface area (Å²) in [6.45, 7) is 1.99. The molecule has 0 aliphatic carbocycles. The second-order valence-corrected chi connectivity index (χ2v) is 3.02. The van der Waals surface area contributed by atoms with Crippen LogP contribution in [0, 0.1) is 0 Å². The van der Waals surface area contributed by atoms with Gasteiger partial charge in [-0.2, -0.15) is 0 Å². The summed E-state index contributed by atoms with van der Waals surface area (Å²) < 4.78 is 12.8. The largest absolute Gasteiger partial charge is 0.479 e. The Morgan fingerprint density at radius 3 is 2.79 bits per heavy atom. The maximum atomic E-state index is 12.8. The zero-order valence-corrected chi connectivity index (χ0v) is 7.90. The Hall–Kier alpha value is -1.45. The second kappa shape index (κ2) is 4.69. The van der Waals surface area contributed by atoms with Gasteiger partial charge in [-0.15, -0.1) is 0 Å². The van der Waals surface area contributed by atoms with Gasteiger partial charge < -0.3 is 5.11 Å². The molecule has 1 rings (SSSR count). The number of pyridine rings is 1. The van der Waals surface area contributed by atoms with Crippen LogP contribution in [0.4, 0.5) is 4.39 Å². The van der Waals surface area contributed by atoms with E-state index in [4.69, 9.17) is 5.11 Å². The van der Waals surface area contributed by atoms with Crippen LogP contribution in [0.25, 0.3) is 0 Å². The molecular formula is C10H12FNO2. The van der Waals surface area contributed by atoms with E-state index in [2.05, 4.69) is 4.98 Å². The molecule has 1 aromatic rings. The number of carboxylic acid groups (broad SMARTS) is 1. The Kier molecular flexibility index (Phi) is 3.56. The number of alkyl halides is 1. The number of halogens is 1. The number of carboxylic acids is 1. The molecule has 1 N–H and O–H groups in total. The highest BCUT2D eigenvalue weighted by Gasteiger charge is 2.16. The summed E-state index contributed by atoms with van der Waals surface area (Å²) in [4.78, 5) is 14.2. The van der Waals surface area contributed by atoms with Crippen molar-refractivity contribution in [3.8, 4) is 0 Å². The molecule has 0 aliphatic heterocycles. The lowest BCUT2D eigenvalue weighted by atomic mass is 10.1. The fraction of sp³-hybridized carbons (Fsp3) is 0.400. The molecular weight excluding hydrogens is 185 g/mol. The maximum absolute atomic E-state index is 12.8. The Balaban J connectivity index is 2.64. The number of hydrogen-bond acceptors (Lipinski definition) is 2. The van der Waals surface area contributed by atoms with Gasteiger partial charge in [0.2, 0.25) is 6.17 Å². The third kappa shape index (κ3) is 2.80. The highest BCUT2D eigenvalue weighted by molar-refractivity contribution is 5.72. The number of aromatic nitrogens is 1. The van der Waals surface area contributed by atoms with Crippen LogP contribution in [0.1, 0.15) is 18.2 Å². The Morgan fingerprint density at radius 2 is 2.36 bits per heavy atom. The van der Waals surface area contributed by atoms with Crippen LogP contribution in [0.3, 0.4) is 0 Å². The zero-order chi connectivity index (χ0) is 10.6. The molecule has 0 radical (unpaired) electrons. The van der Waals surface area contributed by atoms with Crippen molar-refractivity contribution in [1.29, 1.82) is 0 Å². The van der Waals surface area contributed by atoms with Crippen molar-refractivity contribution in [2.75, 3.05) is 0 Å². The van der Waals surface area contributed by atoms with Crippen LogP contribution in [-0.2, 0) is 17.6 Å². The molecule has 0 aromatic carbocycles. The van der Waals surface area contributed by atoms with E-state index in [1.54, 1.807) is 12.3 Å². The van der Waals surface area contributed by atoms with Gasteiger partial charge in [0.25, 0.3) is 0 Å². The van der Waals surface area contributed by atoms with Crippen molar-refractivity contribution in [2.45, 2.75) is 25.9 Å². The van der Waals surface area contributed by atoms with E-state index < -0.39 is 12.1 Å². The smallest absolute Gasteiger partial charge is 0.338 e. The molecule has 0 saturated carbocycles. The molecule has 1 heterocycles. The van der Waals surface area contributed by atoms with Gasteiger partial charge in [0.05, 0.1) is 0 Å². The third-order valence-corrected chi connectivity index (χ3v) is 1.95. The van der Waals surface area contributed by atoms with Crippen molar-refractivity contribution in [3.05, 3.63) is 29.6 Å². The Morgan fingerprint density at radius 1 is 1.64 bits per heavy atom. The van der Waals surface area contributed by atoms with Crippen LogP contribution in [-0.4, -0.2) is 22.2 Å². The van der Waals surface area contributed by atoms with Crippen molar-refractivity contribution in [3.63, 3.8) is 0 Å². The molecule has 0 spiro atoms. The normalized spacial score (nSPS) is 12.4. The minimum atomic E-state index is -1.87. The lowest BCUT2D eigenvalue weighted by Gasteiger charge is -2.03. The first-order chi connectivity index (χ1) is 6.63. The van der Waals surface area contributed by atoms with E-state index in [-0.39, 0.29) is 6.42 Å². The van der Waals surface area contributed by atoms with Crippen molar-refractivity contribution >= 4 is 5.97 Å². The van der Waals surface area contributed by atoms with Gasteiger partial charge in [0.15, 0.2) is 0 Å². The summed E-state index contributed by atoms with van der Waals surface area (Å²) in [7, 11) is 0. The average molecular weight is 197 g/mol. The summed E-state index contributed by atoms with van der Waals surface area (Å²) >= 11 is 0. The Labute approximate surface area is 81.6 Å². The third-order valence-electron chi connectivity index (χ3n) is 1.95. The number of rotatable bonds is 4. The molecule has 1 atom stereocenters. The van der Waals surface area contributed by atoms with Crippen LogP contribution in [0.5, 0.6) is 0 Å². The number of hydrogen-bond donors (Lipinski definition) is 1. The van der Waals surface area contributed by atoms with E-state index in [9.17, 15) is 9.18 Å². The Bertz CT molecular complexity index is 310. The molecule has 1 unspecified atom stereocenters. The first-order valence-electron chi connectivity index (χ1n) is 4.44. The SMILES string of the molecule is CCc1ccc(CC(F)C(=O)O)nc1. The first-order valence-corrected chi connectivity index (χ1v) is 4.44. The van der Waals surface area contributed by atoms with E-state index in [0.717, 1.165) is 12.0 Å². The number of aryl methyl sites for hydroxylation is 1. The molecule has 0 amide bonds. The predicted octanol–water partition coefficient (Wildman–Crippen LogP) is 1.61. The van der Waals surface area contributed by atoms with Crippen LogP contribution < -0.4 is 0 Å². The van der Waals surface area contributed by atoms with E-state index >= 15 is 0 Å². The van der Waals surface area contributed by atoms with E-state index in [1.807, 2.05) is 13.0 Å². The number of nitrogens with zero attached hydrogens (tertiary/aromatic N) is 1. The molecule has 0 saturated heterocycles. The molecule has 3 nitrogen and oxygen atoms in total. The van der Waals surface area contributed by atoms with Gasteiger partial charge in [-0.25, -0.2) is 9.18 Å². The van der Waals surface area contributed by atoms with E-state index in [0.29, 0.717) is 5.69 Å². The summed E-state index contributed by atoms with van der Waals surface area (Å²) in [6, 6.07) is 3.49. The molecule has 0 bridgehead atoms. The minimum absolute atomic E-state index is 0.167.